The molecule has 8 nitrogen and oxygen atoms in total. The number of aromatic nitrogens is 4. The second-order valence-corrected chi connectivity index (χ2v) is 4.58. The molecule has 0 bridgehead atoms. The molecule has 0 spiro atoms. The molecule has 2 aromatic rings. The smallest absolute Gasteiger partial charge is 0.167 e. The molecule has 1 fully saturated rings. The van der Waals surface area contributed by atoms with Crippen LogP contribution in [0.2, 0.25) is 5.15 Å². The minimum Gasteiger partial charge on any atom is -0.394 e. The van der Waals surface area contributed by atoms with Crippen LogP contribution in [-0.4, -0.2) is 59.8 Å². The van der Waals surface area contributed by atoms with Crippen LogP contribution in [0, 0.1) is 0 Å². The van der Waals surface area contributed by atoms with E-state index in [1.165, 1.54) is 17.2 Å². The molecule has 3 heterocycles. The summed E-state index contributed by atoms with van der Waals surface area (Å²) in [6, 6.07) is 0. The van der Waals surface area contributed by atoms with Gasteiger partial charge in [0.25, 0.3) is 0 Å². The lowest BCUT2D eigenvalue weighted by atomic mass is 10.1. The molecule has 0 amide bonds. The van der Waals surface area contributed by atoms with E-state index in [-0.39, 0.29) is 5.15 Å². The monoisotopic (exact) mass is 289 g/mol. The number of halogens is 1. The minimum absolute atomic E-state index is 0.190. The molecule has 1 aliphatic heterocycles. The second-order valence-electron chi connectivity index (χ2n) is 4.22. The standard InChI is InChI=1S/C10H11ClN4O4/c11-8-5-9(13-2-12-8)15(3-14-5)10-7(18)6(17)4(1-16)19-10/h2-4,6-7,10,16-18H,1H2/t4-,6-,7-,10-/m1/s1/i2+1,12+1,13+1. The number of ether oxygens (including phenoxy) is 1. The Morgan fingerprint density at radius 2 is 2.05 bits per heavy atom. The van der Waals surface area contributed by atoms with Gasteiger partial charge in [-0.2, -0.15) is 0 Å². The second kappa shape index (κ2) is 4.66. The summed E-state index contributed by atoms with van der Waals surface area (Å²) < 4.78 is 6.85. The zero-order valence-electron chi connectivity index (χ0n) is 9.59. The van der Waals surface area contributed by atoms with Crippen LogP contribution < -0.4 is 0 Å². The maximum atomic E-state index is 9.95. The third-order valence-corrected chi connectivity index (χ3v) is 3.38. The summed E-state index contributed by atoms with van der Waals surface area (Å²) >= 11 is 5.88. The normalized spacial score (nSPS) is 31.2. The predicted molar refractivity (Wildman–Crippen MR) is 63.3 cm³/mol. The van der Waals surface area contributed by atoms with E-state index in [1.807, 2.05) is 0 Å². The van der Waals surface area contributed by atoms with Crippen molar-refractivity contribution in [3.05, 3.63) is 17.8 Å². The zero-order valence-corrected chi connectivity index (χ0v) is 10.3. The first-order valence-corrected chi connectivity index (χ1v) is 5.96. The molecule has 4 atom stereocenters. The van der Waals surface area contributed by atoms with Gasteiger partial charge in [-0.1, -0.05) is 11.6 Å². The molecule has 1 saturated heterocycles. The number of hydrogen-bond donors (Lipinski definition) is 3. The molecule has 3 rings (SSSR count). The van der Waals surface area contributed by atoms with Gasteiger partial charge in [0.15, 0.2) is 17.0 Å². The number of aliphatic hydroxyl groups excluding tert-OH is 3. The van der Waals surface area contributed by atoms with Crippen molar-refractivity contribution in [3.8, 4) is 0 Å². The molecule has 0 aliphatic carbocycles. The lowest BCUT2D eigenvalue weighted by Gasteiger charge is -2.16. The van der Waals surface area contributed by atoms with Crippen LogP contribution in [0.3, 0.4) is 0 Å². The van der Waals surface area contributed by atoms with Gasteiger partial charge in [-0.15, -0.1) is 0 Å². The molecular formula is C10H11ClN4O4. The summed E-state index contributed by atoms with van der Waals surface area (Å²) in [7, 11) is 0. The van der Waals surface area contributed by atoms with Gasteiger partial charge in [-0.25, -0.2) is 15.0 Å². The number of nitrogens with zero attached hydrogens (tertiary/aromatic N) is 4. The van der Waals surface area contributed by atoms with E-state index in [1.54, 1.807) is 0 Å². The Morgan fingerprint density at radius 3 is 2.74 bits per heavy atom. The van der Waals surface area contributed by atoms with E-state index < -0.39 is 31.1 Å². The third-order valence-electron chi connectivity index (χ3n) is 3.11. The van der Waals surface area contributed by atoms with E-state index in [2.05, 4.69) is 15.0 Å². The third kappa shape index (κ3) is 1.88. The highest BCUT2D eigenvalue weighted by atomic mass is 35.5. The summed E-state index contributed by atoms with van der Waals surface area (Å²) in [4.78, 5) is 11.9. The van der Waals surface area contributed by atoms with Crippen molar-refractivity contribution in [1.82, 2.24) is 19.5 Å². The number of fused-ring (bicyclic) bond motifs is 1. The first-order valence-electron chi connectivity index (χ1n) is 5.59. The molecular weight excluding hydrogens is 279 g/mol. The fourth-order valence-electron chi connectivity index (χ4n) is 2.12. The highest BCUT2D eigenvalue weighted by molar-refractivity contribution is 6.33. The van der Waals surface area contributed by atoms with Crippen molar-refractivity contribution in [2.45, 2.75) is 24.5 Å². The van der Waals surface area contributed by atoms with E-state index >= 15 is 0 Å². The van der Waals surface area contributed by atoms with Gasteiger partial charge < -0.3 is 20.1 Å². The quantitative estimate of drug-likeness (QED) is 0.613. The minimum atomic E-state index is -1.19. The molecule has 0 unspecified atom stereocenters. The molecule has 9 heteroatoms. The van der Waals surface area contributed by atoms with Gasteiger partial charge >= 0.3 is 0 Å². The van der Waals surface area contributed by atoms with E-state index in [0.717, 1.165) is 0 Å². The van der Waals surface area contributed by atoms with Gasteiger partial charge in [-0.05, 0) is 0 Å². The largest absolute Gasteiger partial charge is 0.394 e. The zero-order chi connectivity index (χ0) is 13.6. The Bertz CT molecular complexity index is 606. The fraction of sp³-hybridized carbons (Fsp3) is 0.500. The maximum absolute atomic E-state index is 9.95. The van der Waals surface area contributed by atoms with Crippen molar-refractivity contribution in [2.24, 2.45) is 0 Å². The van der Waals surface area contributed by atoms with Gasteiger partial charge in [-0.3, -0.25) is 4.57 Å². The van der Waals surface area contributed by atoms with Gasteiger partial charge in [0.2, 0.25) is 0 Å². The van der Waals surface area contributed by atoms with Gasteiger partial charge in [0, 0.05) is 0 Å². The first kappa shape index (κ1) is 12.7. The summed E-state index contributed by atoms with van der Waals surface area (Å²) in [5.74, 6) is 0. The molecule has 0 radical (unpaired) electrons. The molecule has 102 valence electrons. The van der Waals surface area contributed by atoms with Crippen molar-refractivity contribution in [1.29, 1.82) is 0 Å². The van der Waals surface area contributed by atoms with Crippen molar-refractivity contribution < 1.29 is 20.1 Å². The molecule has 1 aliphatic rings. The average Bonchev–Trinajstić information content (AvgIpc) is 2.94. The molecule has 3 N–H and O–H groups in total. The fourth-order valence-corrected chi connectivity index (χ4v) is 2.30. The number of aliphatic hydroxyl groups is 3. The molecule has 2 aromatic heterocycles. The van der Waals surface area contributed by atoms with Crippen LogP contribution >= 0.6 is 11.6 Å². The maximum Gasteiger partial charge on any atom is 0.167 e. The topological polar surface area (TPSA) is 114 Å². The first-order chi connectivity index (χ1) is 9.13. The van der Waals surface area contributed by atoms with Crippen LogP contribution in [0.25, 0.3) is 11.2 Å². The Balaban J connectivity index is 2.04. The molecule has 0 aromatic carbocycles. The lowest BCUT2D eigenvalue weighted by molar-refractivity contribution is -0.0511. The molecule has 19 heavy (non-hydrogen) atoms. The highest BCUT2D eigenvalue weighted by Gasteiger charge is 2.43. The summed E-state index contributed by atoms with van der Waals surface area (Å²) in [6.45, 7) is -0.392. The van der Waals surface area contributed by atoms with Crippen LogP contribution in [0.5, 0.6) is 0 Å². The highest BCUT2D eigenvalue weighted by Crippen LogP contribution is 2.31. The summed E-state index contributed by atoms with van der Waals surface area (Å²) in [5.41, 5.74) is 0.761. The Hall–Kier alpha value is -1.32. The predicted octanol–water partition coefficient (Wildman–Crippen LogP) is -0.909. The summed E-state index contributed by atoms with van der Waals surface area (Å²) in [6.07, 6.45) is -1.44. The van der Waals surface area contributed by atoms with E-state index in [9.17, 15) is 10.2 Å². The summed E-state index contributed by atoms with van der Waals surface area (Å²) in [5, 5.41) is 28.9. The van der Waals surface area contributed by atoms with Crippen molar-refractivity contribution in [3.63, 3.8) is 0 Å². The van der Waals surface area contributed by atoms with Crippen LogP contribution in [0.4, 0.5) is 0 Å². The SMILES string of the molecule is OC[C@H]1O[C@@H](n2cnc3c(Cl)[15n][13cH][15n]c32)[C@H](O)[C@@H]1O. The van der Waals surface area contributed by atoms with Crippen molar-refractivity contribution in [2.75, 3.05) is 6.61 Å². The lowest BCUT2D eigenvalue weighted by Crippen LogP contribution is -2.33. The van der Waals surface area contributed by atoms with E-state index in [0.29, 0.717) is 11.2 Å². The Labute approximate surface area is 112 Å². The van der Waals surface area contributed by atoms with Crippen LogP contribution in [0.1, 0.15) is 6.23 Å². The molecule has 0 saturated carbocycles. The van der Waals surface area contributed by atoms with Crippen molar-refractivity contribution >= 4 is 22.8 Å². The van der Waals surface area contributed by atoms with Gasteiger partial charge in [0.05, 0.1) is 12.9 Å². The van der Waals surface area contributed by atoms with Crippen LogP contribution in [-0.2, 0) is 4.74 Å². The van der Waals surface area contributed by atoms with E-state index in [4.69, 9.17) is 21.4 Å². The average molecular weight is 290 g/mol. The Morgan fingerprint density at radius 1 is 1.26 bits per heavy atom. The Kier molecular flexibility index (Phi) is 3.11. The van der Waals surface area contributed by atoms with Gasteiger partial charge in [0.1, 0.15) is 30.2 Å². The number of imidazole rings is 1. The van der Waals surface area contributed by atoms with Crippen LogP contribution in [0.15, 0.2) is 12.7 Å². The number of rotatable bonds is 2. The number of hydrogen-bond acceptors (Lipinski definition) is 7.